The first-order valence-electron chi connectivity index (χ1n) is 7.31. The molecule has 1 unspecified atom stereocenters. The Morgan fingerprint density at radius 3 is 2.79 bits per heavy atom. The zero-order chi connectivity index (χ0) is 16.9. The van der Waals surface area contributed by atoms with E-state index in [4.69, 9.17) is 11.6 Å². The SMILES string of the molecule is O=C(O)C1(Cc2ccccc2)CN2C(=N1)Sc1c2ccc(F)c1Cl. The molecule has 0 saturated carbocycles. The molecule has 0 spiro atoms. The number of hydrogen-bond donors (Lipinski definition) is 1. The molecule has 0 radical (unpaired) electrons. The van der Waals surface area contributed by atoms with Crippen LogP contribution in [0.2, 0.25) is 5.02 Å². The van der Waals surface area contributed by atoms with Gasteiger partial charge in [0.25, 0.3) is 0 Å². The van der Waals surface area contributed by atoms with Crippen LogP contribution >= 0.6 is 23.4 Å². The monoisotopic (exact) mass is 362 g/mol. The van der Waals surface area contributed by atoms with Gasteiger partial charge in [0.1, 0.15) is 5.82 Å². The second kappa shape index (κ2) is 5.50. The summed E-state index contributed by atoms with van der Waals surface area (Å²) in [6, 6.07) is 12.3. The Morgan fingerprint density at radius 1 is 1.33 bits per heavy atom. The van der Waals surface area contributed by atoms with E-state index in [0.29, 0.717) is 22.2 Å². The van der Waals surface area contributed by atoms with Crippen molar-refractivity contribution in [2.24, 2.45) is 4.99 Å². The van der Waals surface area contributed by atoms with Gasteiger partial charge in [0, 0.05) is 6.42 Å². The van der Waals surface area contributed by atoms with Crippen LogP contribution in [0, 0.1) is 5.82 Å². The van der Waals surface area contributed by atoms with Gasteiger partial charge in [-0.1, -0.05) is 41.9 Å². The minimum Gasteiger partial charge on any atom is -0.479 e. The van der Waals surface area contributed by atoms with E-state index in [1.807, 2.05) is 35.2 Å². The largest absolute Gasteiger partial charge is 0.479 e. The van der Waals surface area contributed by atoms with Gasteiger partial charge in [-0.25, -0.2) is 14.2 Å². The summed E-state index contributed by atoms with van der Waals surface area (Å²) in [5, 5.41) is 10.4. The highest BCUT2D eigenvalue weighted by Crippen LogP contribution is 2.49. The van der Waals surface area contributed by atoms with Gasteiger partial charge in [-0.15, -0.1) is 0 Å². The molecule has 0 aliphatic carbocycles. The second-order valence-electron chi connectivity index (χ2n) is 5.79. The van der Waals surface area contributed by atoms with Crippen molar-refractivity contribution in [2.45, 2.75) is 16.9 Å². The fourth-order valence-electron chi connectivity index (χ4n) is 3.02. The fraction of sp³-hybridized carbons (Fsp3) is 0.176. The summed E-state index contributed by atoms with van der Waals surface area (Å²) in [5.74, 6) is -1.46. The van der Waals surface area contributed by atoms with Crippen molar-refractivity contribution in [3.63, 3.8) is 0 Å². The number of carboxylic acids is 1. The molecular weight excluding hydrogens is 351 g/mol. The number of benzene rings is 2. The van der Waals surface area contributed by atoms with Gasteiger partial charge in [0.05, 0.1) is 22.2 Å². The Balaban J connectivity index is 1.72. The van der Waals surface area contributed by atoms with Crippen LogP contribution in [0.5, 0.6) is 0 Å². The number of halogens is 2. The van der Waals surface area contributed by atoms with Crippen LogP contribution in [0.1, 0.15) is 5.56 Å². The van der Waals surface area contributed by atoms with Gasteiger partial charge in [-0.05, 0) is 29.5 Å². The number of carbonyl (C=O) groups is 1. The lowest BCUT2D eigenvalue weighted by Gasteiger charge is -2.23. The smallest absolute Gasteiger partial charge is 0.333 e. The molecule has 0 saturated heterocycles. The van der Waals surface area contributed by atoms with Crippen LogP contribution in [-0.4, -0.2) is 28.3 Å². The number of rotatable bonds is 3. The third-order valence-corrected chi connectivity index (χ3v) is 5.80. The molecule has 0 aromatic heterocycles. The van der Waals surface area contributed by atoms with Crippen molar-refractivity contribution in [3.8, 4) is 0 Å². The van der Waals surface area contributed by atoms with Crippen LogP contribution in [0.4, 0.5) is 10.1 Å². The topological polar surface area (TPSA) is 52.9 Å². The highest BCUT2D eigenvalue weighted by Gasteiger charge is 2.49. The van der Waals surface area contributed by atoms with Gasteiger partial charge < -0.3 is 10.0 Å². The molecule has 4 rings (SSSR count). The summed E-state index contributed by atoms with van der Waals surface area (Å²) in [7, 11) is 0. The minimum atomic E-state index is -1.25. The first-order valence-corrected chi connectivity index (χ1v) is 8.50. The van der Waals surface area contributed by atoms with Crippen molar-refractivity contribution in [3.05, 3.63) is 58.9 Å². The standard InChI is InChI=1S/C17H12ClFN2O2S/c18-13-11(19)6-7-12-14(13)24-16-20-17(15(22)23,9-21(12)16)8-10-4-2-1-3-5-10/h1-7H,8-9H2,(H,22,23). The zero-order valence-electron chi connectivity index (χ0n) is 12.4. The maximum atomic E-state index is 13.6. The molecule has 24 heavy (non-hydrogen) atoms. The molecule has 2 aliphatic rings. The summed E-state index contributed by atoms with van der Waals surface area (Å²) in [6.45, 7) is 0.203. The lowest BCUT2D eigenvalue weighted by Crippen LogP contribution is -2.44. The van der Waals surface area contributed by atoms with E-state index in [1.165, 1.54) is 17.8 Å². The van der Waals surface area contributed by atoms with Crippen LogP contribution in [0.15, 0.2) is 52.4 Å². The lowest BCUT2D eigenvalue weighted by atomic mass is 9.91. The van der Waals surface area contributed by atoms with E-state index in [9.17, 15) is 14.3 Å². The lowest BCUT2D eigenvalue weighted by molar-refractivity contribution is -0.142. The van der Waals surface area contributed by atoms with Crippen molar-refractivity contribution in [1.29, 1.82) is 0 Å². The van der Waals surface area contributed by atoms with Crippen LogP contribution in [0.3, 0.4) is 0 Å². The quantitative estimate of drug-likeness (QED) is 0.901. The first-order chi connectivity index (χ1) is 11.5. The third-order valence-electron chi connectivity index (χ3n) is 4.21. The Labute approximate surface area is 147 Å². The van der Waals surface area contributed by atoms with Gasteiger partial charge >= 0.3 is 5.97 Å². The fourth-order valence-corrected chi connectivity index (χ4v) is 4.44. The molecule has 122 valence electrons. The average Bonchev–Trinajstić information content (AvgIpc) is 3.08. The Kier molecular flexibility index (Phi) is 3.54. The van der Waals surface area contributed by atoms with Crippen molar-refractivity contribution < 1.29 is 14.3 Å². The number of hydrogen-bond acceptors (Lipinski definition) is 4. The van der Waals surface area contributed by atoms with Gasteiger partial charge in [0.2, 0.25) is 0 Å². The summed E-state index contributed by atoms with van der Waals surface area (Å²) >= 11 is 7.24. The number of thioether (sulfide) groups is 1. The molecule has 2 aliphatic heterocycles. The van der Waals surface area contributed by atoms with E-state index in [2.05, 4.69) is 4.99 Å². The maximum absolute atomic E-state index is 13.6. The third kappa shape index (κ3) is 2.29. The number of fused-ring (bicyclic) bond motifs is 3. The van der Waals surface area contributed by atoms with Crippen LogP contribution in [0.25, 0.3) is 0 Å². The number of aliphatic carboxylic acids is 1. The minimum absolute atomic E-state index is 0.0542. The van der Waals surface area contributed by atoms with Gasteiger partial charge in [-0.3, -0.25) is 0 Å². The first kappa shape index (κ1) is 15.5. The molecule has 1 atom stereocenters. The van der Waals surface area contributed by atoms with Crippen molar-refractivity contribution >= 4 is 40.2 Å². The number of carboxylic acid groups (broad SMARTS) is 1. The zero-order valence-corrected chi connectivity index (χ0v) is 13.9. The highest BCUT2D eigenvalue weighted by molar-refractivity contribution is 8.15. The van der Waals surface area contributed by atoms with E-state index >= 15 is 0 Å². The molecule has 2 heterocycles. The molecule has 7 heteroatoms. The molecule has 1 N–H and O–H groups in total. The van der Waals surface area contributed by atoms with Crippen molar-refractivity contribution in [1.82, 2.24) is 0 Å². The number of aliphatic imine (C=N–C) groups is 1. The highest BCUT2D eigenvalue weighted by atomic mass is 35.5. The predicted molar refractivity (Wildman–Crippen MR) is 92.6 cm³/mol. The molecule has 4 nitrogen and oxygen atoms in total. The molecule has 2 aromatic rings. The predicted octanol–water partition coefficient (Wildman–Crippen LogP) is 3.83. The van der Waals surface area contributed by atoms with Gasteiger partial charge in [0.15, 0.2) is 10.7 Å². The molecule has 2 aromatic carbocycles. The molecule has 0 bridgehead atoms. The molecule has 0 fully saturated rings. The number of nitrogens with zero attached hydrogens (tertiary/aromatic N) is 2. The summed E-state index contributed by atoms with van der Waals surface area (Å²) < 4.78 is 13.6. The van der Waals surface area contributed by atoms with E-state index in [1.54, 1.807) is 6.07 Å². The Morgan fingerprint density at radius 2 is 2.08 bits per heavy atom. The second-order valence-corrected chi connectivity index (χ2v) is 7.15. The maximum Gasteiger partial charge on any atom is 0.333 e. The molecule has 0 amide bonds. The number of amidine groups is 1. The molecular formula is C17H12ClFN2O2S. The average molecular weight is 363 g/mol. The van der Waals surface area contributed by atoms with Crippen LogP contribution in [-0.2, 0) is 11.2 Å². The Hall–Kier alpha value is -2.05. The normalized spacial score (nSPS) is 21.4. The summed E-state index contributed by atoms with van der Waals surface area (Å²) in [6.07, 6.45) is 0.300. The van der Waals surface area contributed by atoms with E-state index in [-0.39, 0.29) is 11.6 Å². The summed E-state index contributed by atoms with van der Waals surface area (Å²) in [4.78, 5) is 18.8. The van der Waals surface area contributed by atoms with E-state index in [0.717, 1.165) is 5.56 Å². The van der Waals surface area contributed by atoms with Gasteiger partial charge in [-0.2, -0.15) is 0 Å². The van der Waals surface area contributed by atoms with Crippen molar-refractivity contribution in [2.75, 3.05) is 11.4 Å². The Bertz CT molecular complexity index is 874. The van der Waals surface area contributed by atoms with Crippen LogP contribution < -0.4 is 4.90 Å². The van der Waals surface area contributed by atoms with E-state index < -0.39 is 17.3 Å². The summed E-state index contributed by atoms with van der Waals surface area (Å²) in [5.41, 5.74) is 0.372. The number of anilines is 1.